The Morgan fingerprint density at radius 2 is 1.53 bits per heavy atom. The van der Waals surface area contributed by atoms with Crippen molar-refractivity contribution >= 4 is 29.2 Å². The largest absolute Gasteiger partial charge is 0.113 e. The Labute approximate surface area is 112 Å². The molecule has 1 aliphatic carbocycles. The summed E-state index contributed by atoms with van der Waals surface area (Å²) in [6.07, 6.45) is 0. The Bertz CT molecular complexity index is 561. The number of rotatable bonds is 0. The molecule has 2 aromatic carbocycles. The summed E-state index contributed by atoms with van der Waals surface area (Å²) < 4.78 is 1.13. The number of hydrogen-bond acceptors (Lipinski definition) is 0. The zero-order chi connectivity index (χ0) is 12.2. The lowest BCUT2D eigenvalue weighted by Crippen LogP contribution is -2.17. The summed E-state index contributed by atoms with van der Waals surface area (Å²) >= 11 is 3.55. The van der Waals surface area contributed by atoms with E-state index in [-0.39, 0.29) is 5.41 Å². The molecule has 0 saturated carbocycles. The summed E-state index contributed by atoms with van der Waals surface area (Å²) in [5, 5.41) is 0. The monoisotopic (exact) mass is 282 g/mol. The van der Waals surface area contributed by atoms with Gasteiger partial charge >= 0.3 is 0 Å². The lowest BCUT2D eigenvalue weighted by atomic mass is 9.80. The molecule has 2 heteroatoms. The van der Waals surface area contributed by atoms with E-state index in [0.29, 0.717) is 0 Å². The van der Waals surface area contributed by atoms with Gasteiger partial charge in [-0.05, 0) is 34.4 Å². The Kier molecular flexibility index (Phi) is 2.28. The summed E-state index contributed by atoms with van der Waals surface area (Å²) in [5.74, 6) is 0. The van der Waals surface area contributed by atoms with E-state index in [2.05, 4.69) is 60.1 Å². The van der Waals surface area contributed by atoms with E-state index in [1.54, 1.807) is 0 Å². The smallest absolute Gasteiger partial charge is 0.0963 e. The highest BCUT2D eigenvalue weighted by molar-refractivity contribution is 9.10. The van der Waals surface area contributed by atoms with E-state index in [0.717, 1.165) is 9.94 Å². The lowest BCUT2D eigenvalue weighted by molar-refractivity contribution is 0.660. The minimum Gasteiger partial charge on any atom is -0.0963 e. The average Bonchev–Trinajstić information content (AvgIpc) is 2.49. The molecule has 0 aliphatic heterocycles. The number of fused-ring (bicyclic) bond motifs is 3. The Morgan fingerprint density at radius 3 is 2.24 bits per heavy atom. The molecule has 0 fully saturated rings. The molecular formula is C15H12BBr. The molecule has 3 rings (SSSR count). The van der Waals surface area contributed by atoms with Crippen LogP contribution in [0.15, 0.2) is 40.9 Å². The van der Waals surface area contributed by atoms with Crippen LogP contribution in [-0.2, 0) is 5.41 Å². The van der Waals surface area contributed by atoms with Crippen LogP contribution in [0.1, 0.15) is 25.0 Å². The fourth-order valence-corrected chi connectivity index (χ4v) is 3.09. The van der Waals surface area contributed by atoms with Crippen LogP contribution in [0.4, 0.5) is 0 Å². The van der Waals surface area contributed by atoms with Crippen LogP contribution in [0.3, 0.4) is 0 Å². The first-order chi connectivity index (χ1) is 8.00. The van der Waals surface area contributed by atoms with E-state index in [1.165, 1.54) is 22.3 Å². The van der Waals surface area contributed by atoms with Crippen molar-refractivity contribution in [1.29, 1.82) is 0 Å². The van der Waals surface area contributed by atoms with Gasteiger partial charge in [0.15, 0.2) is 0 Å². The van der Waals surface area contributed by atoms with Crippen molar-refractivity contribution in [2.24, 2.45) is 0 Å². The molecule has 82 valence electrons. The summed E-state index contributed by atoms with van der Waals surface area (Å²) in [6, 6.07) is 12.7. The lowest BCUT2D eigenvalue weighted by Gasteiger charge is -2.21. The minimum absolute atomic E-state index is 0.0316. The summed E-state index contributed by atoms with van der Waals surface area (Å²) in [5.41, 5.74) is 6.20. The Morgan fingerprint density at radius 1 is 0.941 bits per heavy atom. The van der Waals surface area contributed by atoms with Gasteiger partial charge in [0.05, 0.1) is 0 Å². The molecule has 0 bridgehead atoms. The average molecular weight is 283 g/mol. The summed E-state index contributed by atoms with van der Waals surface area (Å²) in [7, 11) is 5.91. The van der Waals surface area contributed by atoms with Crippen LogP contribution in [0.25, 0.3) is 11.1 Å². The second-order valence-electron chi connectivity index (χ2n) is 5.12. The standard InChI is InChI=1S/C15H12BBr/c1-15(2)13-7-9(16)3-5-11(13)12-6-4-10(17)8-14(12)15/h3-8H,1-2H3. The highest BCUT2D eigenvalue weighted by atomic mass is 79.9. The fraction of sp³-hybridized carbons (Fsp3) is 0.200. The minimum atomic E-state index is 0.0316. The van der Waals surface area contributed by atoms with Crippen molar-refractivity contribution in [1.82, 2.24) is 0 Å². The molecule has 0 atom stereocenters. The van der Waals surface area contributed by atoms with E-state index in [4.69, 9.17) is 7.85 Å². The zero-order valence-corrected chi connectivity index (χ0v) is 11.5. The summed E-state index contributed by atoms with van der Waals surface area (Å²) in [4.78, 5) is 0. The van der Waals surface area contributed by atoms with Gasteiger partial charge in [0.2, 0.25) is 0 Å². The van der Waals surface area contributed by atoms with Crippen LogP contribution in [-0.4, -0.2) is 7.85 Å². The third-order valence-electron chi connectivity index (χ3n) is 3.66. The third-order valence-corrected chi connectivity index (χ3v) is 4.16. The molecule has 0 amide bonds. The molecule has 2 aromatic rings. The Balaban J connectivity index is 2.37. The van der Waals surface area contributed by atoms with Crippen LogP contribution >= 0.6 is 15.9 Å². The van der Waals surface area contributed by atoms with Crippen molar-refractivity contribution in [2.75, 3.05) is 0 Å². The first kappa shape index (κ1) is 11.1. The number of benzene rings is 2. The molecule has 0 heterocycles. The second-order valence-corrected chi connectivity index (χ2v) is 6.04. The van der Waals surface area contributed by atoms with Crippen LogP contribution in [0.5, 0.6) is 0 Å². The zero-order valence-electron chi connectivity index (χ0n) is 9.92. The van der Waals surface area contributed by atoms with Crippen LogP contribution < -0.4 is 5.46 Å². The van der Waals surface area contributed by atoms with Crippen molar-refractivity contribution in [3.05, 3.63) is 52.0 Å². The molecule has 0 unspecified atom stereocenters. The van der Waals surface area contributed by atoms with Gasteiger partial charge in [-0.3, -0.25) is 0 Å². The normalized spacial score (nSPS) is 15.5. The van der Waals surface area contributed by atoms with Crippen LogP contribution in [0, 0.1) is 0 Å². The third kappa shape index (κ3) is 1.50. The predicted octanol–water partition coefficient (Wildman–Crippen LogP) is 3.55. The van der Waals surface area contributed by atoms with Gasteiger partial charge in [-0.1, -0.05) is 59.5 Å². The molecule has 1 aliphatic rings. The maximum Gasteiger partial charge on any atom is 0.113 e. The molecule has 17 heavy (non-hydrogen) atoms. The van der Waals surface area contributed by atoms with Gasteiger partial charge in [0, 0.05) is 9.89 Å². The van der Waals surface area contributed by atoms with Crippen LogP contribution in [0.2, 0.25) is 0 Å². The van der Waals surface area contributed by atoms with Crippen molar-refractivity contribution in [2.45, 2.75) is 19.3 Å². The van der Waals surface area contributed by atoms with E-state index < -0.39 is 0 Å². The SMILES string of the molecule is [B]c1ccc2c(c1)C(C)(C)c1cc(Br)ccc1-2. The quantitative estimate of drug-likeness (QED) is 0.649. The Hall–Kier alpha value is -1.02. The number of halogens is 1. The highest BCUT2D eigenvalue weighted by Crippen LogP contribution is 2.48. The van der Waals surface area contributed by atoms with E-state index in [1.807, 2.05) is 6.07 Å². The van der Waals surface area contributed by atoms with Gasteiger partial charge in [0.25, 0.3) is 0 Å². The van der Waals surface area contributed by atoms with Crippen molar-refractivity contribution < 1.29 is 0 Å². The second kappa shape index (κ2) is 3.49. The number of hydrogen-bond donors (Lipinski definition) is 0. The van der Waals surface area contributed by atoms with Gasteiger partial charge in [-0.15, -0.1) is 0 Å². The van der Waals surface area contributed by atoms with Crippen molar-refractivity contribution in [3.63, 3.8) is 0 Å². The molecule has 2 radical (unpaired) electrons. The first-order valence-corrected chi connectivity index (χ1v) is 6.50. The molecule has 0 saturated heterocycles. The van der Waals surface area contributed by atoms with Gasteiger partial charge in [-0.25, -0.2) is 0 Å². The molecule has 0 spiro atoms. The maximum absolute atomic E-state index is 5.91. The predicted molar refractivity (Wildman–Crippen MR) is 77.1 cm³/mol. The molecular weight excluding hydrogens is 271 g/mol. The maximum atomic E-state index is 5.91. The van der Waals surface area contributed by atoms with Gasteiger partial charge in [0.1, 0.15) is 7.85 Å². The molecule has 0 nitrogen and oxygen atoms in total. The molecule has 0 aromatic heterocycles. The van der Waals surface area contributed by atoms with E-state index in [9.17, 15) is 0 Å². The van der Waals surface area contributed by atoms with E-state index >= 15 is 0 Å². The first-order valence-electron chi connectivity index (χ1n) is 5.70. The van der Waals surface area contributed by atoms with Crippen molar-refractivity contribution in [3.8, 4) is 11.1 Å². The topological polar surface area (TPSA) is 0 Å². The van der Waals surface area contributed by atoms with Gasteiger partial charge < -0.3 is 0 Å². The summed E-state index contributed by atoms with van der Waals surface area (Å²) in [6.45, 7) is 4.51. The highest BCUT2D eigenvalue weighted by Gasteiger charge is 2.35. The fourth-order valence-electron chi connectivity index (χ4n) is 2.73. The molecule has 0 N–H and O–H groups in total. The van der Waals surface area contributed by atoms with Gasteiger partial charge in [-0.2, -0.15) is 0 Å².